The van der Waals surface area contributed by atoms with Crippen LogP contribution in [-0.2, 0) is 9.59 Å². The number of thiophene rings is 1. The zero-order valence-corrected chi connectivity index (χ0v) is 18.1. The predicted molar refractivity (Wildman–Crippen MR) is 120 cm³/mol. The summed E-state index contributed by atoms with van der Waals surface area (Å²) >= 11 is 1.61. The minimum atomic E-state index is -0.712. The highest BCUT2D eigenvalue weighted by molar-refractivity contribution is 7.10. The van der Waals surface area contributed by atoms with Crippen molar-refractivity contribution < 1.29 is 14.7 Å². The highest BCUT2D eigenvalue weighted by atomic mass is 32.1. The number of hydrogen-bond donors (Lipinski definition) is 1. The number of carbonyl (C=O) groups is 2. The predicted octanol–water partition coefficient (Wildman–Crippen LogP) is 3.87. The van der Waals surface area contributed by atoms with Crippen LogP contribution in [0.3, 0.4) is 0 Å². The molecule has 4 rings (SSSR count). The molecule has 1 aromatic carbocycles. The van der Waals surface area contributed by atoms with Crippen LogP contribution in [0.5, 0.6) is 0 Å². The van der Waals surface area contributed by atoms with Gasteiger partial charge in [0, 0.05) is 29.4 Å². The summed E-state index contributed by atoms with van der Waals surface area (Å²) in [4.78, 5) is 35.1. The van der Waals surface area contributed by atoms with Gasteiger partial charge in [0.05, 0.1) is 17.7 Å². The van der Waals surface area contributed by atoms with Crippen molar-refractivity contribution in [3.8, 4) is 0 Å². The number of amides is 1. The fourth-order valence-electron chi connectivity index (χ4n) is 3.88. The van der Waals surface area contributed by atoms with E-state index in [4.69, 9.17) is 0 Å². The minimum Gasteiger partial charge on any atom is -0.507 e. The van der Waals surface area contributed by atoms with Gasteiger partial charge in [0.25, 0.3) is 11.7 Å². The Hall–Kier alpha value is -3.29. The van der Waals surface area contributed by atoms with Crippen molar-refractivity contribution in [2.45, 2.75) is 12.1 Å². The van der Waals surface area contributed by atoms with E-state index in [2.05, 4.69) is 4.98 Å². The Morgan fingerprint density at radius 3 is 2.52 bits per heavy atom. The van der Waals surface area contributed by atoms with E-state index in [1.54, 1.807) is 59.0 Å². The van der Waals surface area contributed by atoms with E-state index >= 15 is 0 Å². The number of aliphatic hydroxyl groups is 1. The fraction of sp³-hybridized carbons (Fsp3) is 0.208. The molecule has 7 heteroatoms. The van der Waals surface area contributed by atoms with Crippen LogP contribution in [0, 0.1) is 0 Å². The second kappa shape index (κ2) is 8.83. The van der Waals surface area contributed by atoms with Gasteiger partial charge in [-0.1, -0.05) is 42.5 Å². The third-order valence-corrected chi connectivity index (χ3v) is 6.43. The Kier molecular flexibility index (Phi) is 5.97. The summed E-state index contributed by atoms with van der Waals surface area (Å²) in [5.41, 5.74) is 1.27. The van der Waals surface area contributed by atoms with E-state index in [1.165, 1.54) is 0 Å². The first kappa shape index (κ1) is 21.0. The van der Waals surface area contributed by atoms with Crippen molar-refractivity contribution in [1.82, 2.24) is 14.8 Å². The molecule has 1 N–H and O–H groups in total. The number of aromatic nitrogens is 1. The molecule has 31 heavy (non-hydrogen) atoms. The van der Waals surface area contributed by atoms with Crippen LogP contribution < -0.4 is 0 Å². The second-order valence-corrected chi connectivity index (χ2v) is 8.58. The SMILES string of the molecule is CN(C)[C@@H](CN1C(=O)C(=O)C(=C(O)c2ccccc2)[C@@H]1c1cccnc1)c1cccs1. The molecular weight excluding hydrogens is 410 g/mol. The van der Waals surface area contributed by atoms with E-state index in [0.717, 1.165) is 4.88 Å². The number of rotatable bonds is 6. The van der Waals surface area contributed by atoms with Gasteiger partial charge in [0.2, 0.25) is 0 Å². The van der Waals surface area contributed by atoms with E-state index in [9.17, 15) is 14.7 Å². The van der Waals surface area contributed by atoms with Gasteiger partial charge in [0.1, 0.15) is 5.76 Å². The summed E-state index contributed by atoms with van der Waals surface area (Å²) in [6.07, 6.45) is 3.28. The Labute approximate surface area is 185 Å². The molecule has 0 unspecified atom stereocenters. The number of aliphatic hydroxyl groups excluding tert-OH is 1. The zero-order valence-electron chi connectivity index (χ0n) is 17.3. The molecule has 3 heterocycles. The lowest BCUT2D eigenvalue weighted by atomic mass is 9.96. The van der Waals surface area contributed by atoms with Crippen LogP contribution >= 0.6 is 11.3 Å². The highest BCUT2D eigenvalue weighted by Crippen LogP contribution is 2.40. The largest absolute Gasteiger partial charge is 0.507 e. The van der Waals surface area contributed by atoms with Gasteiger partial charge in [-0.25, -0.2) is 0 Å². The quantitative estimate of drug-likeness (QED) is 0.363. The Balaban J connectivity index is 1.83. The van der Waals surface area contributed by atoms with Gasteiger partial charge in [-0.2, -0.15) is 0 Å². The zero-order chi connectivity index (χ0) is 22.0. The molecule has 1 saturated heterocycles. The third kappa shape index (κ3) is 4.02. The number of Topliss-reactive ketones (excluding diaryl/α,β-unsaturated/α-hetero) is 1. The summed E-state index contributed by atoms with van der Waals surface area (Å²) in [6, 6.07) is 15.6. The maximum atomic E-state index is 13.2. The summed E-state index contributed by atoms with van der Waals surface area (Å²) < 4.78 is 0. The number of hydrogen-bond acceptors (Lipinski definition) is 6. The van der Waals surface area contributed by atoms with Crippen LogP contribution in [-0.4, -0.2) is 52.2 Å². The highest BCUT2D eigenvalue weighted by Gasteiger charge is 2.47. The summed E-state index contributed by atoms with van der Waals surface area (Å²) in [5.74, 6) is -1.47. The maximum absolute atomic E-state index is 13.2. The molecule has 1 aliphatic rings. The number of carbonyl (C=O) groups excluding carboxylic acids is 2. The van der Waals surface area contributed by atoms with Crippen molar-refractivity contribution in [3.05, 3.63) is 93.9 Å². The number of likely N-dealkylation sites (tertiary alicyclic amines) is 1. The number of nitrogens with zero attached hydrogens (tertiary/aromatic N) is 3. The lowest BCUT2D eigenvalue weighted by Gasteiger charge is -2.32. The lowest BCUT2D eigenvalue weighted by Crippen LogP contribution is -2.37. The van der Waals surface area contributed by atoms with E-state index < -0.39 is 17.7 Å². The second-order valence-electron chi connectivity index (χ2n) is 7.60. The van der Waals surface area contributed by atoms with Gasteiger partial charge >= 0.3 is 0 Å². The smallest absolute Gasteiger partial charge is 0.295 e. The molecular formula is C24H23N3O3S. The minimum absolute atomic E-state index is 0.0888. The average molecular weight is 434 g/mol. The molecule has 0 spiro atoms. The maximum Gasteiger partial charge on any atom is 0.295 e. The van der Waals surface area contributed by atoms with E-state index in [0.29, 0.717) is 17.7 Å². The Bertz CT molecular complexity index is 1100. The molecule has 0 aliphatic carbocycles. The van der Waals surface area contributed by atoms with Crippen molar-refractivity contribution in [3.63, 3.8) is 0 Å². The molecule has 2 atom stereocenters. The standard InChI is InChI=1S/C24H23N3O3S/c1-26(2)18(19-11-7-13-31-19)15-27-21(17-10-6-12-25-14-17)20(23(29)24(27)30)22(28)16-8-4-3-5-9-16/h3-14,18,21,28H,15H2,1-2H3/t18-,21-/m0/s1. The Morgan fingerprint density at radius 1 is 1.13 bits per heavy atom. The molecule has 0 bridgehead atoms. The number of benzene rings is 1. The number of likely N-dealkylation sites (N-methyl/N-ethyl adjacent to an activating group) is 1. The van der Waals surface area contributed by atoms with Crippen LogP contribution in [0.25, 0.3) is 5.76 Å². The van der Waals surface area contributed by atoms with Crippen LogP contribution in [0.1, 0.15) is 28.1 Å². The lowest BCUT2D eigenvalue weighted by molar-refractivity contribution is -0.140. The van der Waals surface area contributed by atoms with Crippen LogP contribution in [0.15, 0.2) is 77.9 Å². The normalized spacial score (nSPS) is 19.2. The third-order valence-electron chi connectivity index (χ3n) is 5.45. The number of pyridine rings is 1. The fourth-order valence-corrected chi connectivity index (χ4v) is 4.79. The molecule has 158 valence electrons. The molecule has 1 fully saturated rings. The van der Waals surface area contributed by atoms with Crippen molar-refractivity contribution in [2.24, 2.45) is 0 Å². The molecule has 1 aliphatic heterocycles. The van der Waals surface area contributed by atoms with Crippen molar-refractivity contribution >= 4 is 28.8 Å². The first-order valence-electron chi connectivity index (χ1n) is 9.92. The summed E-state index contributed by atoms with van der Waals surface area (Å²) in [7, 11) is 3.90. The Morgan fingerprint density at radius 2 is 1.90 bits per heavy atom. The van der Waals surface area contributed by atoms with Crippen LogP contribution in [0.4, 0.5) is 0 Å². The van der Waals surface area contributed by atoms with Gasteiger partial charge in [-0.3, -0.25) is 14.6 Å². The van der Waals surface area contributed by atoms with Gasteiger partial charge < -0.3 is 14.9 Å². The van der Waals surface area contributed by atoms with Gasteiger partial charge in [-0.15, -0.1) is 11.3 Å². The van der Waals surface area contributed by atoms with Gasteiger partial charge in [-0.05, 0) is 37.2 Å². The van der Waals surface area contributed by atoms with Crippen molar-refractivity contribution in [2.75, 3.05) is 20.6 Å². The first-order valence-corrected chi connectivity index (χ1v) is 10.8. The summed E-state index contributed by atoms with van der Waals surface area (Å²) in [6.45, 7) is 0.309. The molecule has 0 radical (unpaired) electrons. The van der Waals surface area contributed by atoms with E-state index in [-0.39, 0.29) is 17.4 Å². The average Bonchev–Trinajstić information content (AvgIpc) is 3.40. The number of ketones is 1. The molecule has 0 saturated carbocycles. The molecule has 3 aromatic rings. The van der Waals surface area contributed by atoms with E-state index in [1.807, 2.05) is 48.6 Å². The monoisotopic (exact) mass is 433 g/mol. The molecule has 2 aromatic heterocycles. The van der Waals surface area contributed by atoms with Crippen LogP contribution in [0.2, 0.25) is 0 Å². The topological polar surface area (TPSA) is 73.7 Å². The first-order chi connectivity index (χ1) is 15.0. The summed E-state index contributed by atoms with van der Waals surface area (Å²) in [5, 5.41) is 13.0. The van der Waals surface area contributed by atoms with Gasteiger partial charge in [0.15, 0.2) is 0 Å². The van der Waals surface area contributed by atoms with Crippen molar-refractivity contribution in [1.29, 1.82) is 0 Å². The molecule has 1 amide bonds. The molecule has 6 nitrogen and oxygen atoms in total.